The minimum Gasteiger partial charge on any atom is -0.397 e. The highest BCUT2D eigenvalue weighted by atomic mass is 32.1. The summed E-state index contributed by atoms with van der Waals surface area (Å²) in [5.41, 5.74) is 11.0. The van der Waals surface area contributed by atoms with Gasteiger partial charge in [-0.25, -0.2) is 4.98 Å². The Morgan fingerprint density at radius 1 is 1.38 bits per heavy atom. The van der Waals surface area contributed by atoms with Crippen LogP contribution in [0.1, 0.15) is 26.6 Å². The van der Waals surface area contributed by atoms with Crippen LogP contribution in [0.2, 0.25) is 0 Å². The smallest absolute Gasteiger partial charge is 0.263 e. The van der Waals surface area contributed by atoms with Crippen LogP contribution in [0.5, 0.6) is 0 Å². The van der Waals surface area contributed by atoms with Crippen molar-refractivity contribution in [3.05, 3.63) is 32.7 Å². The summed E-state index contributed by atoms with van der Waals surface area (Å²) in [5, 5.41) is 13.7. The number of hydrogen-bond acceptors (Lipinski definition) is 7. The third-order valence-corrected chi connectivity index (χ3v) is 4.98. The molecule has 0 aliphatic carbocycles. The summed E-state index contributed by atoms with van der Waals surface area (Å²) in [4.78, 5) is 17.6. The van der Waals surface area contributed by atoms with Crippen LogP contribution in [-0.4, -0.2) is 21.1 Å². The maximum absolute atomic E-state index is 12.3. The Labute approximate surface area is 129 Å². The molecule has 0 aromatic carbocycles. The number of aromatic nitrogens is 3. The van der Waals surface area contributed by atoms with Crippen LogP contribution in [0.3, 0.4) is 0 Å². The topological polar surface area (TPSA) is 93.8 Å². The van der Waals surface area contributed by atoms with E-state index >= 15 is 0 Å². The first kappa shape index (κ1) is 13.9. The molecule has 0 radical (unpaired) electrons. The summed E-state index contributed by atoms with van der Waals surface area (Å²) < 4.78 is 0. The Morgan fingerprint density at radius 2 is 2.19 bits per heavy atom. The molecule has 3 rings (SSSR count). The van der Waals surface area contributed by atoms with Crippen LogP contribution in [-0.2, 0) is 6.54 Å². The van der Waals surface area contributed by atoms with Gasteiger partial charge in [-0.3, -0.25) is 4.79 Å². The number of hydrogen-bond donors (Lipinski definition) is 2. The zero-order valence-corrected chi connectivity index (χ0v) is 13.1. The molecule has 0 unspecified atom stereocenters. The number of nitrogen functional groups attached to an aromatic ring is 1. The molecule has 8 heteroatoms. The van der Waals surface area contributed by atoms with Crippen LogP contribution in [0.15, 0.2) is 10.9 Å². The first-order chi connectivity index (χ1) is 10.1. The number of fused-ring (bicyclic) bond motifs is 1. The third-order valence-electron chi connectivity index (χ3n) is 3.25. The Morgan fingerprint density at radius 3 is 2.90 bits per heavy atom. The molecule has 0 saturated heterocycles. The number of anilines is 1. The number of carbonyl (C=O) groups is 1. The number of nitrogens with zero attached hydrogens (tertiary/aromatic N) is 3. The molecular weight excluding hydrogens is 306 g/mol. The Kier molecular flexibility index (Phi) is 3.56. The molecule has 3 aromatic heterocycles. The van der Waals surface area contributed by atoms with Crippen LogP contribution >= 0.6 is 22.7 Å². The maximum Gasteiger partial charge on any atom is 0.263 e. The average Bonchev–Trinajstić information content (AvgIpc) is 3.09. The van der Waals surface area contributed by atoms with Crippen molar-refractivity contribution in [2.24, 2.45) is 0 Å². The highest BCUT2D eigenvalue weighted by molar-refractivity contribution is 7.21. The number of thiazole rings is 1. The number of nitrogens with two attached hydrogens (primary N) is 1. The average molecular weight is 319 g/mol. The fourth-order valence-corrected chi connectivity index (χ4v) is 3.56. The number of nitrogens with one attached hydrogen (secondary N) is 1. The molecule has 0 bridgehead atoms. The molecule has 3 N–H and O–H groups in total. The summed E-state index contributed by atoms with van der Waals surface area (Å²) in [6, 6.07) is 0. The van der Waals surface area contributed by atoms with Crippen molar-refractivity contribution in [3.63, 3.8) is 0 Å². The van der Waals surface area contributed by atoms with E-state index in [2.05, 4.69) is 20.5 Å². The molecule has 0 aliphatic heterocycles. The monoisotopic (exact) mass is 319 g/mol. The van der Waals surface area contributed by atoms with Gasteiger partial charge in [-0.15, -0.1) is 27.8 Å². The quantitative estimate of drug-likeness (QED) is 0.772. The van der Waals surface area contributed by atoms with Gasteiger partial charge in [-0.2, -0.15) is 5.10 Å². The predicted octanol–water partition coefficient (Wildman–Crippen LogP) is 2.28. The molecule has 1 amide bonds. The lowest BCUT2D eigenvalue weighted by atomic mass is 10.1. The highest BCUT2D eigenvalue weighted by Crippen LogP contribution is 2.34. The van der Waals surface area contributed by atoms with Gasteiger partial charge in [-0.1, -0.05) is 0 Å². The number of thiophene rings is 1. The fourth-order valence-electron chi connectivity index (χ4n) is 1.99. The van der Waals surface area contributed by atoms with Gasteiger partial charge in [0.05, 0.1) is 29.1 Å². The maximum atomic E-state index is 12.3. The van der Waals surface area contributed by atoms with Gasteiger partial charge in [0.2, 0.25) is 0 Å². The minimum absolute atomic E-state index is 0.208. The van der Waals surface area contributed by atoms with Gasteiger partial charge in [0, 0.05) is 10.8 Å². The molecule has 0 atom stereocenters. The van der Waals surface area contributed by atoms with Crippen LogP contribution in [0.25, 0.3) is 10.2 Å². The molecule has 3 aromatic rings. The summed E-state index contributed by atoms with van der Waals surface area (Å²) in [7, 11) is 0. The molecule has 0 aliphatic rings. The zero-order valence-electron chi connectivity index (χ0n) is 11.5. The van der Waals surface area contributed by atoms with Crippen molar-refractivity contribution in [3.8, 4) is 0 Å². The SMILES string of the molecule is Cc1nnc2sc(C(=O)NCc3cscn3)c(N)c2c1C. The standard InChI is InChI=1S/C13H13N5OS2/c1-6-7(2)17-18-13-9(6)10(14)11(21-13)12(19)15-3-8-4-20-5-16-8/h4-5H,3,14H2,1-2H3,(H,15,19). The second-order valence-corrected chi connectivity index (χ2v) is 6.32. The fraction of sp³-hybridized carbons (Fsp3) is 0.231. The van der Waals surface area contributed by atoms with Crippen molar-refractivity contribution in [1.82, 2.24) is 20.5 Å². The molecule has 0 spiro atoms. The molecular formula is C13H13N5OS2. The summed E-state index contributed by atoms with van der Waals surface area (Å²) in [5.74, 6) is -0.208. The van der Waals surface area contributed by atoms with E-state index in [1.54, 1.807) is 5.51 Å². The third kappa shape index (κ3) is 2.47. The summed E-state index contributed by atoms with van der Waals surface area (Å²) in [6.07, 6.45) is 0. The zero-order chi connectivity index (χ0) is 15.0. The van der Waals surface area contributed by atoms with E-state index in [0.29, 0.717) is 21.9 Å². The lowest BCUT2D eigenvalue weighted by molar-refractivity contribution is 0.0955. The lowest BCUT2D eigenvalue weighted by Crippen LogP contribution is -2.22. The number of aryl methyl sites for hydroxylation is 2. The van der Waals surface area contributed by atoms with E-state index in [9.17, 15) is 4.79 Å². The van der Waals surface area contributed by atoms with Gasteiger partial charge in [0.15, 0.2) is 0 Å². The number of rotatable bonds is 3. The Hall–Kier alpha value is -2.06. The van der Waals surface area contributed by atoms with E-state index in [1.165, 1.54) is 22.7 Å². The molecule has 21 heavy (non-hydrogen) atoms. The second kappa shape index (κ2) is 5.38. The van der Waals surface area contributed by atoms with E-state index in [0.717, 1.165) is 22.3 Å². The van der Waals surface area contributed by atoms with E-state index in [1.807, 2.05) is 19.2 Å². The number of amides is 1. The first-order valence-electron chi connectivity index (χ1n) is 6.25. The largest absolute Gasteiger partial charge is 0.397 e. The predicted molar refractivity (Wildman–Crippen MR) is 84.6 cm³/mol. The first-order valence-corrected chi connectivity index (χ1v) is 8.01. The van der Waals surface area contributed by atoms with Gasteiger partial charge in [0.25, 0.3) is 5.91 Å². The molecule has 108 valence electrons. The van der Waals surface area contributed by atoms with Crippen LogP contribution in [0, 0.1) is 13.8 Å². The van der Waals surface area contributed by atoms with E-state index in [4.69, 9.17) is 5.73 Å². The normalized spacial score (nSPS) is 11.0. The van der Waals surface area contributed by atoms with Gasteiger partial charge >= 0.3 is 0 Å². The molecule has 3 heterocycles. The number of carbonyl (C=O) groups excluding carboxylic acids is 1. The van der Waals surface area contributed by atoms with Crippen LogP contribution < -0.4 is 11.1 Å². The van der Waals surface area contributed by atoms with E-state index < -0.39 is 0 Å². The van der Waals surface area contributed by atoms with Crippen LogP contribution in [0.4, 0.5) is 5.69 Å². The Bertz CT molecular complexity index is 810. The van der Waals surface area contributed by atoms with Crippen molar-refractivity contribution < 1.29 is 4.79 Å². The van der Waals surface area contributed by atoms with Crippen molar-refractivity contribution in [2.75, 3.05) is 5.73 Å². The molecule has 6 nitrogen and oxygen atoms in total. The van der Waals surface area contributed by atoms with Crippen molar-refractivity contribution in [2.45, 2.75) is 20.4 Å². The van der Waals surface area contributed by atoms with Gasteiger partial charge in [-0.05, 0) is 19.4 Å². The van der Waals surface area contributed by atoms with Crippen molar-refractivity contribution >= 4 is 44.5 Å². The van der Waals surface area contributed by atoms with Gasteiger partial charge < -0.3 is 11.1 Å². The second-order valence-electron chi connectivity index (χ2n) is 4.60. The lowest BCUT2D eigenvalue weighted by Gasteiger charge is -2.03. The van der Waals surface area contributed by atoms with E-state index in [-0.39, 0.29) is 5.91 Å². The highest BCUT2D eigenvalue weighted by Gasteiger charge is 2.19. The van der Waals surface area contributed by atoms with Crippen molar-refractivity contribution in [1.29, 1.82) is 0 Å². The van der Waals surface area contributed by atoms with Gasteiger partial charge in [0.1, 0.15) is 9.71 Å². The summed E-state index contributed by atoms with van der Waals surface area (Å²) >= 11 is 2.76. The molecule has 0 saturated carbocycles. The Balaban J connectivity index is 1.91. The minimum atomic E-state index is -0.208. The molecule has 0 fully saturated rings. The summed E-state index contributed by atoms with van der Waals surface area (Å²) in [6.45, 7) is 4.20.